The monoisotopic (exact) mass is 339 g/mol. The van der Waals surface area contributed by atoms with Crippen LogP contribution in [0.2, 0.25) is 0 Å². The Kier molecular flexibility index (Phi) is 5.31. The van der Waals surface area contributed by atoms with E-state index in [1.165, 1.54) is 12.1 Å². The summed E-state index contributed by atoms with van der Waals surface area (Å²) in [6.45, 7) is 5.93. The van der Waals surface area contributed by atoms with Gasteiger partial charge >= 0.3 is 0 Å². The minimum absolute atomic E-state index is 0.0449. The van der Waals surface area contributed by atoms with Crippen molar-refractivity contribution >= 4 is 15.9 Å². The summed E-state index contributed by atoms with van der Waals surface area (Å²) in [7, 11) is 0. The minimum atomic E-state index is -0.243. The van der Waals surface area contributed by atoms with Crippen LogP contribution < -0.4 is 5.32 Å². The van der Waals surface area contributed by atoms with Gasteiger partial charge in [-0.15, -0.1) is 0 Å². The van der Waals surface area contributed by atoms with Gasteiger partial charge in [0.05, 0.1) is 6.04 Å². The maximum atomic E-state index is 13.3. The van der Waals surface area contributed by atoms with Crippen LogP contribution in [0.15, 0.2) is 35.1 Å². The first-order chi connectivity index (χ1) is 9.67. The number of halogens is 2. The summed E-state index contributed by atoms with van der Waals surface area (Å²) >= 11 is 3.45. The molecule has 0 aliphatic carbocycles. The Morgan fingerprint density at radius 1 is 1.40 bits per heavy atom. The van der Waals surface area contributed by atoms with Gasteiger partial charge in [-0.2, -0.15) is 0 Å². The molecule has 2 aromatic rings. The predicted octanol–water partition coefficient (Wildman–Crippen LogP) is 3.89. The highest BCUT2D eigenvalue weighted by molar-refractivity contribution is 9.10. The van der Waals surface area contributed by atoms with Gasteiger partial charge in [0.15, 0.2) is 0 Å². The molecule has 0 fully saturated rings. The van der Waals surface area contributed by atoms with E-state index in [0.717, 1.165) is 35.4 Å². The Labute approximate surface area is 127 Å². The van der Waals surface area contributed by atoms with E-state index in [0.29, 0.717) is 0 Å². The topological polar surface area (TPSA) is 29.9 Å². The SMILES string of the molecule is CCCn1ccnc1C(NCC)c1ccc(F)cc1Br. The van der Waals surface area contributed by atoms with E-state index in [2.05, 4.69) is 44.6 Å². The quantitative estimate of drug-likeness (QED) is 0.865. The highest BCUT2D eigenvalue weighted by Crippen LogP contribution is 2.28. The van der Waals surface area contributed by atoms with Crippen LogP contribution in [0.3, 0.4) is 0 Å². The van der Waals surface area contributed by atoms with Gasteiger partial charge in [0.1, 0.15) is 11.6 Å². The molecular formula is C15H19BrFN3. The van der Waals surface area contributed by atoms with Gasteiger partial charge in [0, 0.05) is 23.4 Å². The summed E-state index contributed by atoms with van der Waals surface area (Å²) < 4.78 is 16.2. The van der Waals surface area contributed by atoms with E-state index >= 15 is 0 Å². The summed E-state index contributed by atoms with van der Waals surface area (Å²) in [6.07, 6.45) is 4.85. The summed E-state index contributed by atoms with van der Waals surface area (Å²) in [4.78, 5) is 4.48. The van der Waals surface area contributed by atoms with Crippen LogP contribution in [0.5, 0.6) is 0 Å². The van der Waals surface area contributed by atoms with E-state index < -0.39 is 0 Å². The average Bonchev–Trinajstić information content (AvgIpc) is 2.85. The van der Waals surface area contributed by atoms with Crippen molar-refractivity contribution in [3.05, 3.63) is 52.3 Å². The van der Waals surface area contributed by atoms with E-state index in [1.807, 2.05) is 12.4 Å². The maximum absolute atomic E-state index is 13.3. The van der Waals surface area contributed by atoms with Crippen molar-refractivity contribution in [3.8, 4) is 0 Å². The summed E-state index contributed by atoms with van der Waals surface area (Å²) in [5.74, 6) is 0.716. The Hall–Kier alpha value is -1.20. The first-order valence-electron chi connectivity index (χ1n) is 6.86. The number of hydrogen-bond donors (Lipinski definition) is 1. The Morgan fingerprint density at radius 2 is 2.20 bits per heavy atom. The van der Waals surface area contributed by atoms with Gasteiger partial charge in [-0.1, -0.05) is 35.8 Å². The number of aromatic nitrogens is 2. The standard InChI is InChI=1S/C15H19BrFN3/c1-3-8-20-9-7-19-15(20)14(18-4-2)12-6-5-11(17)10-13(12)16/h5-7,9-10,14,18H,3-4,8H2,1-2H3. The first-order valence-corrected chi connectivity index (χ1v) is 7.66. The Balaban J connectivity index is 2.42. The smallest absolute Gasteiger partial charge is 0.130 e. The summed E-state index contributed by atoms with van der Waals surface area (Å²) in [5, 5.41) is 3.42. The molecule has 0 aliphatic rings. The van der Waals surface area contributed by atoms with Crippen molar-refractivity contribution in [2.24, 2.45) is 0 Å². The van der Waals surface area contributed by atoms with E-state index in [-0.39, 0.29) is 11.9 Å². The number of imidazole rings is 1. The zero-order valence-corrected chi connectivity index (χ0v) is 13.3. The Morgan fingerprint density at radius 3 is 2.85 bits per heavy atom. The summed E-state index contributed by atoms with van der Waals surface area (Å²) in [5.41, 5.74) is 0.997. The second-order valence-corrected chi connectivity index (χ2v) is 5.49. The Bertz CT molecular complexity index is 568. The largest absolute Gasteiger partial charge is 0.333 e. The molecule has 0 radical (unpaired) electrons. The zero-order valence-electron chi connectivity index (χ0n) is 11.7. The highest BCUT2D eigenvalue weighted by atomic mass is 79.9. The molecule has 2 rings (SSSR count). The molecule has 1 aromatic heterocycles. The molecule has 1 aromatic carbocycles. The molecule has 0 amide bonds. The number of nitrogens with zero attached hydrogens (tertiary/aromatic N) is 2. The molecule has 20 heavy (non-hydrogen) atoms. The third kappa shape index (κ3) is 3.27. The van der Waals surface area contributed by atoms with Crippen LogP contribution in [0.4, 0.5) is 4.39 Å². The molecule has 5 heteroatoms. The lowest BCUT2D eigenvalue weighted by Gasteiger charge is -2.20. The number of aryl methyl sites for hydroxylation is 1. The first kappa shape index (κ1) is 15.2. The third-order valence-electron chi connectivity index (χ3n) is 3.15. The summed E-state index contributed by atoms with van der Waals surface area (Å²) in [6, 6.07) is 4.73. The number of hydrogen-bond acceptors (Lipinski definition) is 2. The molecule has 0 saturated carbocycles. The molecule has 0 bridgehead atoms. The maximum Gasteiger partial charge on any atom is 0.130 e. The van der Waals surface area contributed by atoms with Crippen LogP contribution in [0.1, 0.15) is 37.7 Å². The predicted molar refractivity (Wildman–Crippen MR) is 82.1 cm³/mol. The van der Waals surface area contributed by atoms with Gasteiger partial charge < -0.3 is 9.88 Å². The van der Waals surface area contributed by atoms with E-state index in [1.54, 1.807) is 6.07 Å². The fourth-order valence-electron chi connectivity index (χ4n) is 2.29. The molecule has 108 valence electrons. The van der Waals surface area contributed by atoms with E-state index in [9.17, 15) is 4.39 Å². The van der Waals surface area contributed by atoms with E-state index in [4.69, 9.17) is 0 Å². The second kappa shape index (κ2) is 6.99. The zero-order chi connectivity index (χ0) is 14.5. The van der Waals surface area contributed by atoms with Crippen molar-refractivity contribution in [1.29, 1.82) is 0 Å². The number of nitrogens with one attached hydrogen (secondary N) is 1. The highest BCUT2D eigenvalue weighted by Gasteiger charge is 2.20. The lowest BCUT2D eigenvalue weighted by Crippen LogP contribution is -2.25. The van der Waals surface area contributed by atoms with Crippen LogP contribution in [0.25, 0.3) is 0 Å². The molecular weight excluding hydrogens is 321 g/mol. The normalized spacial score (nSPS) is 12.6. The van der Waals surface area contributed by atoms with Crippen LogP contribution >= 0.6 is 15.9 Å². The fraction of sp³-hybridized carbons (Fsp3) is 0.400. The van der Waals surface area contributed by atoms with Crippen molar-refractivity contribution in [2.45, 2.75) is 32.9 Å². The van der Waals surface area contributed by atoms with Crippen molar-refractivity contribution in [3.63, 3.8) is 0 Å². The molecule has 1 atom stereocenters. The molecule has 0 spiro atoms. The molecule has 1 heterocycles. The second-order valence-electron chi connectivity index (χ2n) is 4.64. The van der Waals surface area contributed by atoms with Crippen LogP contribution in [-0.2, 0) is 6.54 Å². The van der Waals surface area contributed by atoms with Gasteiger partial charge in [-0.3, -0.25) is 0 Å². The molecule has 0 saturated heterocycles. The molecule has 1 N–H and O–H groups in total. The lowest BCUT2D eigenvalue weighted by molar-refractivity contribution is 0.541. The number of benzene rings is 1. The average molecular weight is 340 g/mol. The van der Waals surface area contributed by atoms with Gasteiger partial charge in [0.2, 0.25) is 0 Å². The van der Waals surface area contributed by atoms with Crippen molar-refractivity contribution in [2.75, 3.05) is 6.54 Å². The van der Waals surface area contributed by atoms with Crippen LogP contribution in [-0.4, -0.2) is 16.1 Å². The van der Waals surface area contributed by atoms with Crippen LogP contribution in [0, 0.1) is 5.82 Å². The van der Waals surface area contributed by atoms with Crippen molar-refractivity contribution < 1.29 is 4.39 Å². The molecule has 0 aliphatic heterocycles. The lowest BCUT2D eigenvalue weighted by atomic mass is 10.1. The minimum Gasteiger partial charge on any atom is -0.333 e. The third-order valence-corrected chi connectivity index (χ3v) is 3.84. The molecule has 1 unspecified atom stereocenters. The van der Waals surface area contributed by atoms with Gasteiger partial charge in [-0.05, 0) is 30.7 Å². The molecule has 3 nitrogen and oxygen atoms in total. The van der Waals surface area contributed by atoms with Gasteiger partial charge in [-0.25, -0.2) is 9.37 Å². The van der Waals surface area contributed by atoms with Crippen molar-refractivity contribution in [1.82, 2.24) is 14.9 Å². The van der Waals surface area contributed by atoms with Gasteiger partial charge in [0.25, 0.3) is 0 Å². The fourth-order valence-corrected chi connectivity index (χ4v) is 2.87. The number of rotatable bonds is 6.